The quantitative estimate of drug-likeness (QED) is 0.468. The van der Waals surface area contributed by atoms with Gasteiger partial charge >= 0.3 is 11.9 Å². The average Bonchev–Trinajstić information content (AvgIpc) is 2.39. The first-order valence-electron chi connectivity index (χ1n) is 5.51. The van der Waals surface area contributed by atoms with Crippen LogP contribution in [-0.4, -0.2) is 30.7 Å². The van der Waals surface area contributed by atoms with E-state index in [9.17, 15) is 9.59 Å². The number of hydrogen-bond acceptors (Lipinski definition) is 6. The fourth-order valence-corrected chi connectivity index (χ4v) is 1.18. The van der Waals surface area contributed by atoms with Gasteiger partial charge in [0.2, 0.25) is 0 Å². The van der Waals surface area contributed by atoms with Gasteiger partial charge in [-0.3, -0.25) is 0 Å². The first-order valence-corrected chi connectivity index (χ1v) is 5.51. The number of allylic oxidation sites excluding steroid dienone is 1. The van der Waals surface area contributed by atoms with E-state index in [1.807, 2.05) is 0 Å². The predicted octanol–water partition coefficient (Wildman–Crippen LogP) is 0.964. The fraction of sp³-hybridized carbons (Fsp3) is 0.231. The molecule has 0 aliphatic heterocycles. The summed E-state index contributed by atoms with van der Waals surface area (Å²) in [6.07, 6.45) is 1.23. The van der Waals surface area contributed by atoms with Gasteiger partial charge in [-0.2, -0.15) is 0 Å². The lowest BCUT2D eigenvalue weighted by Gasteiger charge is -2.07. The molecule has 1 aromatic rings. The SMILES string of the molecule is COC(=O)/C=C(\C)NCC(=O)Oc1ccc(O)cc1. The Bertz CT molecular complexity index is 478. The van der Waals surface area contributed by atoms with Gasteiger partial charge in [0.25, 0.3) is 0 Å². The van der Waals surface area contributed by atoms with Crippen LogP contribution in [0.2, 0.25) is 0 Å². The second-order valence-corrected chi connectivity index (χ2v) is 3.67. The van der Waals surface area contributed by atoms with E-state index in [0.29, 0.717) is 11.4 Å². The van der Waals surface area contributed by atoms with E-state index in [0.717, 1.165) is 0 Å². The van der Waals surface area contributed by atoms with Crippen LogP contribution in [0.3, 0.4) is 0 Å². The van der Waals surface area contributed by atoms with Gasteiger partial charge in [0, 0.05) is 11.8 Å². The summed E-state index contributed by atoms with van der Waals surface area (Å²) >= 11 is 0. The minimum atomic E-state index is -0.511. The molecule has 0 spiro atoms. The Morgan fingerprint density at radius 1 is 1.32 bits per heavy atom. The second-order valence-electron chi connectivity index (χ2n) is 3.67. The molecule has 0 heterocycles. The molecule has 1 rings (SSSR count). The second kappa shape index (κ2) is 7.05. The highest BCUT2D eigenvalue weighted by atomic mass is 16.5. The third-order valence-electron chi connectivity index (χ3n) is 2.12. The molecule has 0 radical (unpaired) electrons. The molecule has 0 unspecified atom stereocenters. The molecule has 0 aliphatic rings. The van der Waals surface area contributed by atoms with Crippen molar-refractivity contribution in [3.63, 3.8) is 0 Å². The van der Waals surface area contributed by atoms with Crippen molar-refractivity contribution < 1.29 is 24.2 Å². The summed E-state index contributed by atoms with van der Waals surface area (Å²) < 4.78 is 9.43. The highest BCUT2D eigenvalue weighted by molar-refractivity contribution is 5.82. The maximum Gasteiger partial charge on any atom is 0.332 e. The minimum absolute atomic E-state index is 0.0831. The zero-order valence-electron chi connectivity index (χ0n) is 10.7. The third kappa shape index (κ3) is 5.58. The molecule has 6 heteroatoms. The molecule has 0 amide bonds. The van der Waals surface area contributed by atoms with Crippen LogP contribution in [-0.2, 0) is 14.3 Å². The number of methoxy groups -OCH3 is 1. The first kappa shape index (κ1) is 14.6. The lowest BCUT2D eigenvalue weighted by Crippen LogP contribution is -2.25. The van der Waals surface area contributed by atoms with Gasteiger partial charge in [-0.1, -0.05) is 0 Å². The van der Waals surface area contributed by atoms with Crippen molar-refractivity contribution >= 4 is 11.9 Å². The van der Waals surface area contributed by atoms with E-state index in [1.54, 1.807) is 6.92 Å². The monoisotopic (exact) mass is 265 g/mol. The number of hydrogen-bond donors (Lipinski definition) is 2. The van der Waals surface area contributed by atoms with E-state index in [4.69, 9.17) is 9.84 Å². The molecule has 6 nitrogen and oxygen atoms in total. The Morgan fingerprint density at radius 2 is 1.95 bits per heavy atom. The lowest BCUT2D eigenvalue weighted by atomic mass is 10.3. The summed E-state index contributed by atoms with van der Waals surface area (Å²) in [5, 5.41) is 11.8. The summed E-state index contributed by atoms with van der Waals surface area (Å²) in [6.45, 7) is 1.55. The van der Waals surface area contributed by atoms with Crippen LogP contribution in [0.4, 0.5) is 0 Å². The predicted molar refractivity (Wildman–Crippen MR) is 67.5 cm³/mol. The van der Waals surface area contributed by atoms with Crippen LogP contribution in [0.25, 0.3) is 0 Å². The Morgan fingerprint density at radius 3 is 2.53 bits per heavy atom. The average molecular weight is 265 g/mol. The molecule has 0 bridgehead atoms. The number of carbonyl (C=O) groups excluding carboxylic acids is 2. The van der Waals surface area contributed by atoms with Gasteiger partial charge in [0.05, 0.1) is 7.11 Å². The molecule has 1 aromatic carbocycles. The number of rotatable bonds is 5. The van der Waals surface area contributed by atoms with Crippen molar-refractivity contribution in [2.75, 3.05) is 13.7 Å². The molecule has 0 saturated carbocycles. The van der Waals surface area contributed by atoms with Gasteiger partial charge in [0.15, 0.2) is 0 Å². The Labute approximate surface area is 110 Å². The van der Waals surface area contributed by atoms with E-state index in [1.165, 1.54) is 37.5 Å². The number of nitrogens with one attached hydrogen (secondary N) is 1. The number of phenols is 1. The number of aromatic hydroxyl groups is 1. The normalized spacial score (nSPS) is 10.7. The van der Waals surface area contributed by atoms with Gasteiger partial charge < -0.3 is 19.9 Å². The number of esters is 2. The van der Waals surface area contributed by atoms with Crippen molar-refractivity contribution in [3.8, 4) is 11.5 Å². The van der Waals surface area contributed by atoms with E-state index in [2.05, 4.69) is 10.1 Å². The van der Waals surface area contributed by atoms with Gasteiger partial charge in [-0.25, -0.2) is 9.59 Å². The molecular weight excluding hydrogens is 250 g/mol. The van der Waals surface area contributed by atoms with E-state index in [-0.39, 0.29) is 12.3 Å². The van der Waals surface area contributed by atoms with Crippen LogP contribution >= 0.6 is 0 Å². The molecular formula is C13H15NO5. The van der Waals surface area contributed by atoms with E-state index < -0.39 is 11.9 Å². The van der Waals surface area contributed by atoms with Crippen molar-refractivity contribution in [2.45, 2.75) is 6.92 Å². The summed E-state index contributed by atoms with van der Waals surface area (Å²) in [7, 11) is 1.27. The number of benzene rings is 1. The molecule has 19 heavy (non-hydrogen) atoms. The highest BCUT2D eigenvalue weighted by Crippen LogP contribution is 2.15. The van der Waals surface area contributed by atoms with Crippen molar-refractivity contribution in [1.29, 1.82) is 0 Å². The summed E-state index contributed by atoms with van der Waals surface area (Å²) in [5.41, 5.74) is 0.495. The fourth-order valence-electron chi connectivity index (χ4n) is 1.18. The summed E-state index contributed by atoms with van der Waals surface area (Å²) in [5.74, 6) is -0.589. The number of ether oxygens (including phenoxy) is 2. The van der Waals surface area contributed by atoms with Crippen LogP contribution < -0.4 is 10.1 Å². The van der Waals surface area contributed by atoms with Gasteiger partial charge in [-0.05, 0) is 31.2 Å². The zero-order chi connectivity index (χ0) is 14.3. The largest absolute Gasteiger partial charge is 0.508 e. The third-order valence-corrected chi connectivity index (χ3v) is 2.12. The van der Waals surface area contributed by atoms with Crippen LogP contribution in [0, 0.1) is 0 Å². The maximum atomic E-state index is 11.5. The minimum Gasteiger partial charge on any atom is -0.508 e. The van der Waals surface area contributed by atoms with Gasteiger partial charge in [0.1, 0.15) is 18.0 Å². The molecule has 0 fully saturated rings. The Balaban J connectivity index is 2.42. The summed E-state index contributed by atoms with van der Waals surface area (Å²) in [6, 6.07) is 5.78. The standard InChI is InChI=1S/C13H15NO5/c1-9(7-12(16)18-2)14-8-13(17)19-11-5-3-10(15)4-6-11/h3-7,14-15H,8H2,1-2H3/b9-7+. The smallest absolute Gasteiger partial charge is 0.332 e. The van der Waals surface area contributed by atoms with Crippen LogP contribution in [0.5, 0.6) is 11.5 Å². The first-order chi connectivity index (χ1) is 9.01. The topological polar surface area (TPSA) is 84.9 Å². The number of carbonyl (C=O) groups is 2. The number of phenolic OH excluding ortho intramolecular Hbond substituents is 1. The van der Waals surface area contributed by atoms with Gasteiger partial charge in [-0.15, -0.1) is 0 Å². The Kier molecular flexibility index (Phi) is 5.40. The molecule has 0 aromatic heterocycles. The lowest BCUT2D eigenvalue weighted by molar-refractivity contribution is -0.135. The van der Waals surface area contributed by atoms with E-state index >= 15 is 0 Å². The van der Waals surface area contributed by atoms with Crippen molar-refractivity contribution in [3.05, 3.63) is 36.0 Å². The maximum absolute atomic E-state index is 11.5. The molecule has 0 saturated heterocycles. The highest BCUT2D eigenvalue weighted by Gasteiger charge is 2.05. The van der Waals surface area contributed by atoms with Crippen LogP contribution in [0.1, 0.15) is 6.92 Å². The Hall–Kier alpha value is -2.50. The van der Waals surface area contributed by atoms with Crippen molar-refractivity contribution in [1.82, 2.24) is 5.32 Å². The molecule has 2 N–H and O–H groups in total. The zero-order valence-corrected chi connectivity index (χ0v) is 10.7. The van der Waals surface area contributed by atoms with Crippen LogP contribution in [0.15, 0.2) is 36.0 Å². The molecule has 0 atom stereocenters. The molecule has 0 aliphatic carbocycles. The molecule has 102 valence electrons. The van der Waals surface area contributed by atoms with Crippen molar-refractivity contribution in [2.24, 2.45) is 0 Å². The summed E-state index contributed by atoms with van der Waals surface area (Å²) in [4.78, 5) is 22.4.